The average molecular weight is 458 g/mol. The second kappa shape index (κ2) is 9.62. The Labute approximate surface area is 179 Å². The Morgan fingerprint density at radius 3 is 2.45 bits per heavy atom. The highest BCUT2D eigenvalue weighted by molar-refractivity contribution is 9.10. The standard InChI is InChI=1S/C23H24BrNO4/c1-5-6-17(13-21(26)27)16-8-11-19(12-9-16)25-22(28)23(3,4)29-20-14-18(24)10-7-15(20)2/h7-12,14,17H,13H2,1-4H3,(H,25,28)(H,26,27). The summed E-state index contributed by atoms with van der Waals surface area (Å²) in [6.07, 6.45) is -0.0700. The lowest BCUT2D eigenvalue weighted by molar-refractivity contribution is -0.137. The first-order valence-electron chi connectivity index (χ1n) is 9.13. The maximum atomic E-state index is 12.8. The number of carbonyl (C=O) groups excluding carboxylic acids is 1. The predicted molar refractivity (Wildman–Crippen MR) is 117 cm³/mol. The number of ether oxygens (including phenoxy) is 1. The normalized spacial score (nSPS) is 11.8. The molecule has 1 atom stereocenters. The average Bonchev–Trinajstić information content (AvgIpc) is 2.64. The highest BCUT2D eigenvalue weighted by atomic mass is 79.9. The van der Waals surface area contributed by atoms with E-state index >= 15 is 0 Å². The number of halogens is 1. The SMILES string of the molecule is CC#CC(CC(=O)O)c1ccc(NC(=O)C(C)(C)Oc2cc(Br)ccc2C)cc1. The summed E-state index contributed by atoms with van der Waals surface area (Å²) in [6.45, 7) is 7.01. The van der Waals surface area contributed by atoms with Gasteiger partial charge in [0, 0.05) is 10.2 Å². The van der Waals surface area contributed by atoms with Crippen LogP contribution in [0.15, 0.2) is 46.9 Å². The quantitative estimate of drug-likeness (QED) is 0.564. The lowest BCUT2D eigenvalue weighted by Gasteiger charge is -2.26. The molecule has 0 aromatic heterocycles. The minimum Gasteiger partial charge on any atom is -0.481 e. The summed E-state index contributed by atoms with van der Waals surface area (Å²) in [5.41, 5.74) is 1.23. The summed E-state index contributed by atoms with van der Waals surface area (Å²) in [4.78, 5) is 23.8. The molecule has 0 spiro atoms. The van der Waals surface area contributed by atoms with E-state index in [9.17, 15) is 9.59 Å². The van der Waals surface area contributed by atoms with Crippen LogP contribution in [0.4, 0.5) is 5.69 Å². The zero-order chi connectivity index (χ0) is 21.6. The molecule has 5 nitrogen and oxygen atoms in total. The number of rotatable bonds is 7. The van der Waals surface area contributed by atoms with Crippen molar-refractivity contribution < 1.29 is 19.4 Å². The number of anilines is 1. The van der Waals surface area contributed by atoms with Crippen LogP contribution in [0.1, 0.15) is 44.2 Å². The molecule has 1 amide bonds. The number of aryl methyl sites for hydroxylation is 1. The fraction of sp³-hybridized carbons (Fsp3) is 0.304. The molecule has 0 saturated carbocycles. The van der Waals surface area contributed by atoms with Crippen molar-refractivity contribution in [1.82, 2.24) is 0 Å². The van der Waals surface area contributed by atoms with E-state index in [4.69, 9.17) is 9.84 Å². The predicted octanol–water partition coefficient (Wildman–Crippen LogP) is 5.14. The second-order valence-corrected chi connectivity index (χ2v) is 8.06. The lowest BCUT2D eigenvalue weighted by Crippen LogP contribution is -2.42. The number of hydrogen-bond acceptors (Lipinski definition) is 3. The van der Waals surface area contributed by atoms with Gasteiger partial charge < -0.3 is 15.2 Å². The van der Waals surface area contributed by atoms with E-state index in [0.29, 0.717) is 11.4 Å². The van der Waals surface area contributed by atoms with Crippen LogP contribution in [-0.4, -0.2) is 22.6 Å². The molecule has 0 bridgehead atoms. The van der Waals surface area contributed by atoms with Crippen LogP contribution >= 0.6 is 15.9 Å². The zero-order valence-corrected chi connectivity index (χ0v) is 18.5. The van der Waals surface area contributed by atoms with Crippen molar-refractivity contribution in [3.63, 3.8) is 0 Å². The molecule has 0 aliphatic carbocycles. The van der Waals surface area contributed by atoms with Gasteiger partial charge in [-0.15, -0.1) is 5.92 Å². The Morgan fingerprint density at radius 1 is 1.21 bits per heavy atom. The molecule has 2 aromatic rings. The van der Waals surface area contributed by atoms with Gasteiger partial charge in [-0.05, 0) is 63.1 Å². The van der Waals surface area contributed by atoms with Gasteiger partial charge in [-0.2, -0.15) is 0 Å². The van der Waals surface area contributed by atoms with Crippen LogP contribution in [-0.2, 0) is 9.59 Å². The molecule has 0 aliphatic heterocycles. The molecule has 1 unspecified atom stereocenters. The summed E-state index contributed by atoms with van der Waals surface area (Å²) in [5.74, 6) is 4.72. The summed E-state index contributed by atoms with van der Waals surface area (Å²) >= 11 is 3.41. The molecule has 0 aliphatic rings. The molecule has 2 N–H and O–H groups in total. The van der Waals surface area contributed by atoms with E-state index in [2.05, 4.69) is 33.1 Å². The van der Waals surface area contributed by atoms with E-state index in [0.717, 1.165) is 15.6 Å². The van der Waals surface area contributed by atoms with Crippen LogP contribution in [0, 0.1) is 18.8 Å². The van der Waals surface area contributed by atoms with Crippen molar-refractivity contribution in [2.24, 2.45) is 0 Å². The van der Waals surface area contributed by atoms with E-state index in [1.807, 2.05) is 25.1 Å². The van der Waals surface area contributed by atoms with Crippen LogP contribution in [0.2, 0.25) is 0 Å². The summed E-state index contributed by atoms with van der Waals surface area (Å²) in [6, 6.07) is 12.7. The Morgan fingerprint density at radius 2 is 1.86 bits per heavy atom. The summed E-state index contributed by atoms with van der Waals surface area (Å²) in [5, 5.41) is 11.9. The van der Waals surface area contributed by atoms with E-state index in [-0.39, 0.29) is 18.2 Å². The molecule has 0 fully saturated rings. The maximum Gasteiger partial charge on any atom is 0.304 e. The van der Waals surface area contributed by atoms with Gasteiger partial charge in [0.1, 0.15) is 5.75 Å². The lowest BCUT2D eigenvalue weighted by atomic mass is 9.96. The van der Waals surface area contributed by atoms with Crippen molar-refractivity contribution in [3.8, 4) is 17.6 Å². The van der Waals surface area contributed by atoms with Crippen molar-refractivity contribution in [1.29, 1.82) is 0 Å². The number of carbonyl (C=O) groups is 2. The van der Waals surface area contributed by atoms with Gasteiger partial charge >= 0.3 is 5.97 Å². The van der Waals surface area contributed by atoms with Crippen molar-refractivity contribution in [2.45, 2.75) is 45.6 Å². The second-order valence-electron chi connectivity index (χ2n) is 7.14. The topological polar surface area (TPSA) is 75.6 Å². The van der Waals surface area contributed by atoms with Gasteiger partial charge in [-0.1, -0.05) is 40.0 Å². The number of amides is 1. The molecule has 29 heavy (non-hydrogen) atoms. The van der Waals surface area contributed by atoms with Crippen molar-refractivity contribution in [3.05, 3.63) is 58.1 Å². The van der Waals surface area contributed by atoms with Crippen LogP contribution in [0.3, 0.4) is 0 Å². The third-order valence-electron chi connectivity index (χ3n) is 4.33. The first kappa shape index (κ1) is 22.5. The molecule has 2 aromatic carbocycles. The number of hydrogen-bond donors (Lipinski definition) is 2. The van der Waals surface area contributed by atoms with Gasteiger partial charge in [0.25, 0.3) is 5.91 Å². The van der Waals surface area contributed by atoms with Gasteiger partial charge in [0.2, 0.25) is 0 Å². The Bertz CT molecular complexity index is 955. The van der Waals surface area contributed by atoms with E-state index in [1.165, 1.54) is 0 Å². The first-order valence-corrected chi connectivity index (χ1v) is 9.92. The fourth-order valence-corrected chi connectivity index (χ4v) is 3.03. The third-order valence-corrected chi connectivity index (χ3v) is 4.82. The van der Waals surface area contributed by atoms with Crippen LogP contribution in [0.25, 0.3) is 0 Å². The number of nitrogens with one attached hydrogen (secondary N) is 1. The Hall–Kier alpha value is -2.78. The molecule has 152 valence electrons. The fourth-order valence-electron chi connectivity index (χ4n) is 2.69. The number of carboxylic acid groups (broad SMARTS) is 1. The Balaban J connectivity index is 2.11. The highest BCUT2D eigenvalue weighted by Crippen LogP contribution is 2.28. The minimum absolute atomic E-state index is 0.0700. The molecule has 0 heterocycles. The molecular formula is C23H24BrNO4. The first-order chi connectivity index (χ1) is 13.6. The highest BCUT2D eigenvalue weighted by Gasteiger charge is 2.30. The van der Waals surface area contributed by atoms with Gasteiger partial charge in [0.05, 0.1) is 12.3 Å². The number of carboxylic acids is 1. The van der Waals surface area contributed by atoms with Gasteiger partial charge in [-0.25, -0.2) is 0 Å². The molecule has 6 heteroatoms. The Kier molecular flexibility index (Phi) is 7.46. The van der Waals surface area contributed by atoms with E-state index in [1.54, 1.807) is 45.0 Å². The molecule has 0 radical (unpaired) electrons. The number of benzene rings is 2. The smallest absolute Gasteiger partial charge is 0.304 e. The molecular weight excluding hydrogens is 434 g/mol. The van der Waals surface area contributed by atoms with Crippen LogP contribution in [0.5, 0.6) is 5.75 Å². The number of aliphatic carboxylic acids is 1. The monoisotopic (exact) mass is 457 g/mol. The van der Waals surface area contributed by atoms with Gasteiger partial charge in [0.15, 0.2) is 5.60 Å². The largest absolute Gasteiger partial charge is 0.481 e. The van der Waals surface area contributed by atoms with Crippen molar-refractivity contribution in [2.75, 3.05) is 5.32 Å². The summed E-state index contributed by atoms with van der Waals surface area (Å²) in [7, 11) is 0. The third kappa shape index (κ3) is 6.37. The zero-order valence-electron chi connectivity index (χ0n) is 16.9. The van der Waals surface area contributed by atoms with Gasteiger partial charge in [-0.3, -0.25) is 9.59 Å². The van der Waals surface area contributed by atoms with Crippen molar-refractivity contribution >= 4 is 33.5 Å². The minimum atomic E-state index is -1.09. The van der Waals surface area contributed by atoms with Crippen LogP contribution < -0.4 is 10.1 Å². The van der Waals surface area contributed by atoms with E-state index < -0.39 is 11.6 Å². The summed E-state index contributed by atoms with van der Waals surface area (Å²) < 4.78 is 6.83. The maximum absolute atomic E-state index is 12.8. The molecule has 0 saturated heterocycles. The molecule has 2 rings (SSSR count).